The first-order valence-electron chi connectivity index (χ1n) is 5.48. The SMILES string of the molecule is C[C@@H]1CN(C(=O)CNCC(F)(F)F)C[C@H](C)O1. The van der Waals surface area contributed by atoms with Crippen molar-refractivity contribution in [2.24, 2.45) is 0 Å². The van der Waals surface area contributed by atoms with Crippen molar-refractivity contribution in [1.82, 2.24) is 10.2 Å². The number of carbonyl (C=O) groups is 1. The number of halogens is 3. The summed E-state index contributed by atoms with van der Waals surface area (Å²) in [7, 11) is 0. The average Bonchev–Trinajstić information content (AvgIpc) is 2.13. The Morgan fingerprint density at radius 1 is 1.35 bits per heavy atom. The van der Waals surface area contributed by atoms with E-state index >= 15 is 0 Å². The summed E-state index contributed by atoms with van der Waals surface area (Å²) < 4.78 is 41.0. The van der Waals surface area contributed by atoms with Gasteiger partial charge in [0.05, 0.1) is 25.3 Å². The summed E-state index contributed by atoms with van der Waals surface area (Å²) in [5, 5.41) is 2.10. The van der Waals surface area contributed by atoms with Crippen LogP contribution in [0.4, 0.5) is 13.2 Å². The van der Waals surface area contributed by atoms with E-state index in [2.05, 4.69) is 5.32 Å². The lowest BCUT2D eigenvalue weighted by Gasteiger charge is -2.35. The minimum absolute atomic E-state index is 0.0784. The lowest BCUT2D eigenvalue weighted by Crippen LogP contribution is -2.51. The van der Waals surface area contributed by atoms with Crippen LogP contribution in [-0.2, 0) is 9.53 Å². The highest BCUT2D eigenvalue weighted by atomic mass is 19.4. The first-order chi connectivity index (χ1) is 7.78. The van der Waals surface area contributed by atoms with Gasteiger partial charge in [0, 0.05) is 13.1 Å². The van der Waals surface area contributed by atoms with Crippen molar-refractivity contribution in [3.63, 3.8) is 0 Å². The zero-order valence-electron chi connectivity index (χ0n) is 9.88. The van der Waals surface area contributed by atoms with E-state index in [9.17, 15) is 18.0 Å². The van der Waals surface area contributed by atoms with Gasteiger partial charge in [-0.25, -0.2) is 0 Å². The summed E-state index contributed by atoms with van der Waals surface area (Å²) in [6.07, 6.45) is -4.44. The highest BCUT2D eigenvalue weighted by Crippen LogP contribution is 2.13. The van der Waals surface area contributed by atoms with Gasteiger partial charge in [-0.1, -0.05) is 0 Å². The number of alkyl halides is 3. The maximum absolute atomic E-state index is 11.9. The van der Waals surface area contributed by atoms with Gasteiger partial charge < -0.3 is 15.0 Å². The lowest BCUT2D eigenvalue weighted by atomic mass is 10.2. The Balaban J connectivity index is 2.32. The van der Waals surface area contributed by atoms with Crippen LogP contribution in [0.15, 0.2) is 0 Å². The Hall–Kier alpha value is -0.820. The molecule has 0 aromatic rings. The first-order valence-corrected chi connectivity index (χ1v) is 5.48. The molecular weight excluding hydrogens is 237 g/mol. The first kappa shape index (κ1) is 14.2. The molecule has 0 aromatic heterocycles. The third kappa shape index (κ3) is 5.36. The fourth-order valence-electron chi connectivity index (χ4n) is 1.80. The molecule has 1 aliphatic rings. The monoisotopic (exact) mass is 254 g/mol. The van der Waals surface area contributed by atoms with Crippen molar-refractivity contribution in [3.05, 3.63) is 0 Å². The summed E-state index contributed by atoms with van der Waals surface area (Å²) >= 11 is 0. The van der Waals surface area contributed by atoms with Crippen LogP contribution < -0.4 is 5.32 Å². The molecule has 2 atom stereocenters. The van der Waals surface area contributed by atoms with Crippen LogP contribution in [-0.4, -0.2) is 55.4 Å². The van der Waals surface area contributed by atoms with E-state index in [0.717, 1.165) is 0 Å². The van der Waals surface area contributed by atoms with E-state index in [4.69, 9.17) is 4.74 Å². The van der Waals surface area contributed by atoms with Crippen molar-refractivity contribution in [3.8, 4) is 0 Å². The molecule has 1 aliphatic heterocycles. The quantitative estimate of drug-likeness (QED) is 0.809. The molecule has 0 aromatic carbocycles. The Morgan fingerprint density at radius 3 is 2.35 bits per heavy atom. The minimum atomic E-state index is -4.29. The molecule has 0 radical (unpaired) electrons. The molecule has 0 spiro atoms. The number of carbonyl (C=O) groups excluding carboxylic acids is 1. The van der Waals surface area contributed by atoms with Crippen LogP contribution in [0, 0.1) is 0 Å². The molecule has 1 rings (SSSR count). The van der Waals surface area contributed by atoms with Gasteiger partial charge in [-0.3, -0.25) is 4.79 Å². The smallest absolute Gasteiger partial charge is 0.372 e. The highest BCUT2D eigenvalue weighted by molar-refractivity contribution is 5.78. The van der Waals surface area contributed by atoms with Crippen molar-refractivity contribution >= 4 is 5.91 Å². The maximum Gasteiger partial charge on any atom is 0.401 e. The molecule has 0 unspecified atom stereocenters. The number of nitrogens with one attached hydrogen (secondary N) is 1. The molecule has 1 heterocycles. The van der Waals surface area contributed by atoms with Crippen LogP contribution in [0.5, 0.6) is 0 Å². The molecule has 1 N–H and O–H groups in total. The molecule has 1 fully saturated rings. The summed E-state index contributed by atoms with van der Waals surface area (Å²) in [6.45, 7) is 3.08. The third-order valence-electron chi connectivity index (χ3n) is 2.37. The van der Waals surface area contributed by atoms with Crippen LogP contribution in [0.25, 0.3) is 0 Å². The van der Waals surface area contributed by atoms with Gasteiger partial charge in [0.1, 0.15) is 0 Å². The normalized spacial score (nSPS) is 26.1. The number of nitrogens with zero attached hydrogens (tertiary/aromatic N) is 1. The summed E-state index contributed by atoms with van der Waals surface area (Å²) in [6, 6.07) is 0. The summed E-state index contributed by atoms with van der Waals surface area (Å²) in [5.74, 6) is -0.323. The maximum atomic E-state index is 11.9. The fraction of sp³-hybridized carbons (Fsp3) is 0.900. The van der Waals surface area contributed by atoms with Crippen molar-refractivity contribution < 1.29 is 22.7 Å². The second kappa shape index (κ2) is 5.68. The Morgan fingerprint density at radius 2 is 1.88 bits per heavy atom. The third-order valence-corrected chi connectivity index (χ3v) is 2.37. The van der Waals surface area contributed by atoms with Crippen molar-refractivity contribution in [1.29, 1.82) is 0 Å². The van der Waals surface area contributed by atoms with Gasteiger partial charge in [-0.2, -0.15) is 13.2 Å². The van der Waals surface area contributed by atoms with Gasteiger partial charge >= 0.3 is 6.18 Å². The number of hydrogen-bond acceptors (Lipinski definition) is 3. The van der Waals surface area contributed by atoms with Gasteiger partial charge in [0.25, 0.3) is 0 Å². The molecule has 0 aliphatic carbocycles. The van der Waals surface area contributed by atoms with E-state index in [1.165, 1.54) is 4.90 Å². The van der Waals surface area contributed by atoms with Crippen LogP contribution in [0.1, 0.15) is 13.8 Å². The molecule has 1 saturated heterocycles. The predicted molar refractivity (Wildman–Crippen MR) is 55.5 cm³/mol. The molecule has 0 bridgehead atoms. The van der Waals surface area contributed by atoms with Gasteiger partial charge in [0.2, 0.25) is 5.91 Å². The van der Waals surface area contributed by atoms with E-state index in [-0.39, 0.29) is 24.7 Å². The van der Waals surface area contributed by atoms with Gasteiger partial charge in [-0.15, -0.1) is 0 Å². The Kier molecular flexibility index (Phi) is 4.76. The van der Waals surface area contributed by atoms with Crippen LogP contribution in [0.2, 0.25) is 0 Å². The summed E-state index contributed by atoms with van der Waals surface area (Å²) in [5.41, 5.74) is 0. The van der Waals surface area contributed by atoms with Crippen molar-refractivity contribution in [2.45, 2.75) is 32.2 Å². The van der Waals surface area contributed by atoms with Crippen LogP contribution in [0.3, 0.4) is 0 Å². The van der Waals surface area contributed by atoms with E-state index in [0.29, 0.717) is 13.1 Å². The standard InChI is InChI=1S/C10H17F3N2O2/c1-7-4-15(5-8(2)17-7)9(16)3-14-6-10(11,12)13/h7-8,14H,3-6H2,1-2H3/t7-,8+. The molecule has 1 amide bonds. The Bertz CT molecular complexity index is 261. The topological polar surface area (TPSA) is 41.6 Å². The minimum Gasteiger partial charge on any atom is -0.372 e. The average molecular weight is 254 g/mol. The fourth-order valence-corrected chi connectivity index (χ4v) is 1.80. The van der Waals surface area contributed by atoms with E-state index in [1.54, 1.807) is 0 Å². The Labute approximate surface area is 98.1 Å². The number of hydrogen-bond donors (Lipinski definition) is 1. The number of rotatable bonds is 3. The van der Waals surface area contributed by atoms with Gasteiger partial charge in [0.15, 0.2) is 0 Å². The molecule has 0 saturated carbocycles. The lowest BCUT2D eigenvalue weighted by molar-refractivity contribution is -0.144. The molecule has 100 valence electrons. The van der Waals surface area contributed by atoms with Gasteiger partial charge in [-0.05, 0) is 13.8 Å². The number of amides is 1. The molecule has 17 heavy (non-hydrogen) atoms. The highest BCUT2D eigenvalue weighted by Gasteiger charge is 2.28. The molecule has 7 heteroatoms. The predicted octanol–water partition coefficient (Wildman–Crippen LogP) is 0.774. The number of morpholine rings is 1. The second-order valence-corrected chi connectivity index (χ2v) is 4.27. The van der Waals surface area contributed by atoms with E-state index < -0.39 is 12.7 Å². The molecular formula is C10H17F3N2O2. The van der Waals surface area contributed by atoms with E-state index in [1.807, 2.05) is 13.8 Å². The molecule has 4 nitrogen and oxygen atoms in total. The second-order valence-electron chi connectivity index (χ2n) is 4.27. The summed E-state index contributed by atoms with van der Waals surface area (Å²) in [4.78, 5) is 13.1. The van der Waals surface area contributed by atoms with Crippen LogP contribution >= 0.6 is 0 Å². The zero-order chi connectivity index (χ0) is 13.1. The van der Waals surface area contributed by atoms with Crippen molar-refractivity contribution in [2.75, 3.05) is 26.2 Å². The zero-order valence-corrected chi connectivity index (χ0v) is 9.88. The largest absolute Gasteiger partial charge is 0.401 e. The number of ether oxygens (including phenoxy) is 1.